The molecule has 2 aromatic rings. The third-order valence-electron chi connectivity index (χ3n) is 5.17. The van der Waals surface area contributed by atoms with Crippen molar-refractivity contribution >= 4 is 28.8 Å². The lowest BCUT2D eigenvalue weighted by molar-refractivity contribution is -0.118. The van der Waals surface area contributed by atoms with Crippen molar-refractivity contribution in [2.24, 2.45) is 0 Å². The Morgan fingerprint density at radius 2 is 1.80 bits per heavy atom. The molecule has 0 spiro atoms. The normalized spacial score (nSPS) is 17.4. The van der Waals surface area contributed by atoms with E-state index in [1.165, 1.54) is 24.9 Å². The van der Waals surface area contributed by atoms with Crippen molar-refractivity contribution in [1.82, 2.24) is 4.98 Å². The molecule has 0 unspecified atom stereocenters. The van der Waals surface area contributed by atoms with Crippen molar-refractivity contribution in [3.05, 3.63) is 42.1 Å². The number of aryl methyl sites for hydroxylation is 1. The van der Waals surface area contributed by atoms with Crippen LogP contribution < -0.4 is 15.1 Å². The van der Waals surface area contributed by atoms with Crippen LogP contribution in [0.15, 0.2) is 36.5 Å². The van der Waals surface area contributed by atoms with Crippen LogP contribution in [0.25, 0.3) is 0 Å². The van der Waals surface area contributed by atoms with E-state index in [0.29, 0.717) is 6.42 Å². The first kappa shape index (κ1) is 15.9. The molecule has 1 aromatic carbocycles. The molecule has 25 heavy (non-hydrogen) atoms. The van der Waals surface area contributed by atoms with Crippen molar-refractivity contribution in [2.45, 2.75) is 32.1 Å². The van der Waals surface area contributed by atoms with Gasteiger partial charge in [0.1, 0.15) is 5.82 Å². The highest BCUT2D eigenvalue weighted by molar-refractivity contribution is 5.96. The van der Waals surface area contributed by atoms with E-state index in [1.54, 1.807) is 4.90 Å². The molecule has 0 radical (unpaired) electrons. The quantitative estimate of drug-likeness (QED) is 0.928. The predicted molar refractivity (Wildman–Crippen MR) is 102 cm³/mol. The van der Waals surface area contributed by atoms with Gasteiger partial charge in [0.25, 0.3) is 0 Å². The number of benzene rings is 1. The van der Waals surface area contributed by atoms with Crippen LogP contribution in [-0.2, 0) is 11.2 Å². The minimum atomic E-state index is 0.163. The summed E-state index contributed by atoms with van der Waals surface area (Å²) in [6.07, 6.45) is 7.13. The summed E-state index contributed by atoms with van der Waals surface area (Å²) < 4.78 is 0. The lowest BCUT2D eigenvalue weighted by Crippen LogP contribution is -2.31. The topological polar surface area (TPSA) is 48.5 Å². The van der Waals surface area contributed by atoms with Gasteiger partial charge in [0.15, 0.2) is 0 Å². The SMILES string of the molecule is CN1C(=O)CCc2cnc(Nc3ccc(N4CCCCC4)cc3)cc21. The summed E-state index contributed by atoms with van der Waals surface area (Å²) in [5.41, 5.74) is 4.39. The van der Waals surface area contributed by atoms with E-state index in [-0.39, 0.29) is 5.91 Å². The summed E-state index contributed by atoms with van der Waals surface area (Å²) in [7, 11) is 1.83. The number of hydrogen-bond acceptors (Lipinski definition) is 4. The Labute approximate surface area is 148 Å². The summed E-state index contributed by atoms with van der Waals surface area (Å²) in [5.74, 6) is 0.932. The zero-order valence-electron chi connectivity index (χ0n) is 14.7. The van der Waals surface area contributed by atoms with Gasteiger partial charge < -0.3 is 15.1 Å². The molecule has 0 saturated carbocycles. The smallest absolute Gasteiger partial charge is 0.227 e. The van der Waals surface area contributed by atoms with Crippen molar-refractivity contribution in [3.8, 4) is 0 Å². The summed E-state index contributed by atoms with van der Waals surface area (Å²) in [5, 5.41) is 3.35. The van der Waals surface area contributed by atoms with Crippen molar-refractivity contribution in [1.29, 1.82) is 0 Å². The lowest BCUT2D eigenvalue weighted by atomic mass is 10.0. The van der Waals surface area contributed by atoms with Gasteiger partial charge in [-0.1, -0.05) is 0 Å². The van der Waals surface area contributed by atoms with Gasteiger partial charge in [0.2, 0.25) is 5.91 Å². The number of hydrogen-bond donors (Lipinski definition) is 1. The number of carbonyl (C=O) groups is 1. The van der Waals surface area contributed by atoms with E-state index in [0.717, 1.165) is 42.3 Å². The van der Waals surface area contributed by atoms with Crippen LogP contribution in [0.5, 0.6) is 0 Å². The summed E-state index contributed by atoms with van der Waals surface area (Å²) in [6, 6.07) is 10.5. The Morgan fingerprint density at radius 1 is 1.04 bits per heavy atom. The van der Waals surface area contributed by atoms with E-state index >= 15 is 0 Å². The molecule has 130 valence electrons. The Hall–Kier alpha value is -2.56. The maximum absolute atomic E-state index is 11.9. The molecule has 4 rings (SSSR count). The molecule has 1 saturated heterocycles. The van der Waals surface area contributed by atoms with Crippen LogP contribution >= 0.6 is 0 Å². The Morgan fingerprint density at radius 3 is 2.56 bits per heavy atom. The minimum absolute atomic E-state index is 0.163. The number of pyridine rings is 1. The fourth-order valence-electron chi connectivity index (χ4n) is 3.65. The largest absolute Gasteiger partial charge is 0.372 e. The second-order valence-electron chi connectivity index (χ2n) is 6.87. The molecule has 2 aliphatic heterocycles. The average molecular weight is 336 g/mol. The van der Waals surface area contributed by atoms with Gasteiger partial charge in [0.05, 0.1) is 5.69 Å². The van der Waals surface area contributed by atoms with Crippen molar-refractivity contribution in [2.75, 3.05) is 35.3 Å². The molecule has 2 aliphatic rings. The van der Waals surface area contributed by atoms with Crippen molar-refractivity contribution in [3.63, 3.8) is 0 Å². The minimum Gasteiger partial charge on any atom is -0.372 e. The van der Waals surface area contributed by atoms with E-state index in [1.807, 2.05) is 19.3 Å². The average Bonchev–Trinajstić information content (AvgIpc) is 2.66. The molecule has 1 aromatic heterocycles. The molecule has 5 nitrogen and oxygen atoms in total. The van der Waals surface area contributed by atoms with E-state index < -0.39 is 0 Å². The molecule has 1 fully saturated rings. The number of fused-ring (bicyclic) bond motifs is 1. The van der Waals surface area contributed by atoms with Gasteiger partial charge >= 0.3 is 0 Å². The highest BCUT2D eigenvalue weighted by Gasteiger charge is 2.21. The first-order valence-electron chi connectivity index (χ1n) is 9.08. The molecule has 1 N–H and O–H groups in total. The van der Waals surface area contributed by atoms with Gasteiger partial charge in [0, 0.05) is 50.2 Å². The van der Waals surface area contributed by atoms with Crippen LogP contribution in [0.3, 0.4) is 0 Å². The Balaban J connectivity index is 1.49. The van der Waals surface area contributed by atoms with Gasteiger partial charge in [-0.3, -0.25) is 4.79 Å². The third-order valence-corrected chi connectivity index (χ3v) is 5.17. The fourth-order valence-corrected chi connectivity index (χ4v) is 3.65. The number of amides is 1. The number of piperidine rings is 1. The van der Waals surface area contributed by atoms with Crippen LogP contribution in [0.2, 0.25) is 0 Å². The highest BCUT2D eigenvalue weighted by atomic mass is 16.2. The van der Waals surface area contributed by atoms with Gasteiger partial charge in [-0.2, -0.15) is 0 Å². The van der Waals surface area contributed by atoms with Crippen molar-refractivity contribution < 1.29 is 4.79 Å². The summed E-state index contributed by atoms with van der Waals surface area (Å²) >= 11 is 0. The number of nitrogens with one attached hydrogen (secondary N) is 1. The van der Waals surface area contributed by atoms with Gasteiger partial charge in [-0.15, -0.1) is 0 Å². The maximum Gasteiger partial charge on any atom is 0.227 e. The van der Waals surface area contributed by atoms with E-state index in [9.17, 15) is 4.79 Å². The van der Waals surface area contributed by atoms with Crippen LogP contribution in [0, 0.1) is 0 Å². The molecule has 0 aliphatic carbocycles. The highest BCUT2D eigenvalue weighted by Crippen LogP contribution is 2.29. The predicted octanol–water partition coefficient (Wildman–Crippen LogP) is 3.72. The summed E-state index contributed by atoms with van der Waals surface area (Å²) in [4.78, 5) is 20.6. The van der Waals surface area contributed by atoms with E-state index in [4.69, 9.17) is 0 Å². The van der Waals surface area contributed by atoms with Gasteiger partial charge in [-0.05, 0) is 55.5 Å². The second-order valence-corrected chi connectivity index (χ2v) is 6.87. The standard InChI is InChI=1S/C20H24N4O/c1-23-18-13-19(21-14-15(18)5-10-20(23)25)22-16-6-8-17(9-7-16)24-11-3-2-4-12-24/h6-9,13-14H,2-5,10-12H2,1H3,(H,21,22). The number of rotatable bonds is 3. The van der Waals surface area contributed by atoms with Crippen LogP contribution in [-0.4, -0.2) is 31.0 Å². The molecule has 0 atom stereocenters. The molecule has 5 heteroatoms. The monoisotopic (exact) mass is 336 g/mol. The zero-order valence-corrected chi connectivity index (χ0v) is 14.7. The number of aromatic nitrogens is 1. The molecule has 1 amide bonds. The second kappa shape index (κ2) is 6.75. The first-order chi connectivity index (χ1) is 12.2. The van der Waals surface area contributed by atoms with Gasteiger partial charge in [-0.25, -0.2) is 4.98 Å². The number of carbonyl (C=O) groups excluding carboxylic acids is 1. The Kier molecular flexibility index (Phi) is 4.30. The van der Waals surface area contributed by atoms with Crippen LogP contribution in [0.1, 0.15) is 31.2 Å². The zero-order chi connectivity index (χ0) is 17.2. The Bertz CT molecular complexity index is 766. The first-order valence-corrected chi connectivity index (χ1v) is 9.08. The third kappa shape index (κ3) is 3.31. The maximum atomic E-state index is 11.9. The molecule has 3 heterocycles. The number of anilines is 4. The fraction of sp³-hybridized carbons (Fsp3) is 0.400. The molecule has 0 bridgehead atoms. The molecular weight excluding hydrogens is 312 g/mol. The summed E-state index contributed by atoms with van der Waals surface area (Å²) in [6.45, 7) is 2.30. The van der Waals surface area contributed by atoms with E-state index in [2.05, 4.69) is 39.5 Å². The number of nitrogens with zero attached hydrogens (tertiary/aromatic N) is 3. The lowest BCUT2D eigenvalue weighted by Gasteiger charge is -2.29. The molecular formula is C20H24N4O. The van der Waals surface area contributed by atoms with Crippen LogP contribution in [0.4, 0.5) is 22.9 Å².